The second kappa shape index (κ2) is 4.71. The molecule has 1 N–H and O–H groups in total. The molecule has 0 radical (unpaired) electrons. The summed E-state index contributed by atoms with van der Waals surface area (Å²) < 4.78 is 10.9. The SMILES string of the molecule is CC1(C)OCC(C(O)c2cnc(Cl)c(Cl)c2)O1. The molecule has 94 valence electrons. The molecule has 0 aromatic carbocycles. The maximum atomic E-state index is 10.1. The number of hydrogen-bond donors (Lipinski definition) is 1. The zero-order chi connectivity index (χ0) is 12.6. The lowest BCUT2D eigenvalue weighted by atomic mass is 10.1. The third-order valence-corrected chi connectivity index (χ3v) is 3.23. The summed E-state index contributed by atoms with van der Waals surface area (Å²) in [5.41, 5.74) is 0.561. The largest absolute Gasteiger partial charge is 0.386 e. The normalized spacial score (nSPS) is 24.9. The van der Waals surface area contributed by atoms with Gasteiger partial charge in [0.15, 0.2) is 5.79 Å². The molecule has 0 aliphatic carbocycles. The Morgan fingerprint density at radius 1 is 1.53 bits per heavy atom. The van der Waals surface area contributed by atoms with Gasteiger partial charge in [0.2, 0.25) is 0 Å². The van der Waals surface area contributed by atoms with Crippen LogP contribution < -0.4 is 0 Å². The highest BCUT2D eigenvalue weighted by molar-refractivity contribution is 6.41. The highest BCUT2D eigenvalue weighted by Crippen LogP contribution is 2.32. The molecule has 1 aromatic heterocycles. The van der Waals surface area contributed by atoms with Crippen LogP contribution in [0, 0.1) is 0 Å². The molecule has 0 saturated carbocycles. The number of hydrogen-bond acceptors (Lipinski definition) is 4. The third-order valence-electron chi connectivity index (χ3n) is 2.54. The molecule has 0 amide bonds. The van der Waals surface area contributed by atoms with Crippen LogP contribution in [0.4, 0.5) is 0 Å². The van der Waals surface area contributed by atoms with Crippen molar-refractivity contribution in [3.05, 3.63) is 28.0 Å². The van der Waals surface area contributed by atoms with Crippen LogP contribution in [0.15, 0.2) is 12.3 Å². The lowest BCUT2D eigenvalue weighted by molar-refractivity contribution is -0.151. The van der Waals surface area contributed by atoms with Gasteiger partial charge >= 0.3 is 0 Å². The summed E-state index contributed by atoms with van der Waals surface area (Å²) in [7, 11) is 0. The van der Waals surface area contributed by atoms with Crippen molar-refractivity contribution in [2.45, 2.75) is 31.8 Å². The molecule has 2 heterocycles. The molecule has 2 unspecified atom stereocenters. The van der Waals surface area contributed by atoms with Gasteiger partial charge in [0, 0.05) is 11.8 Å². The van der Waals surface area contributed by atoms with Gasteiger partial charge in [-0.05, 0) is 19.9 Å². The van der Waals surface area contributed by atoms with E-state index in [1.165, 1.54) is 6.20 Å². The Morgan fingerprint density at radius 2 is 2.24 bits per heavy atom. The Bertz CT molecular complexity index is 425. The van der Waals surface area contributed by atoms with Crippen LogP contribution in [0.1, 0.15) is 25.5 Å². The Labute approximate surface area is 109 Å². The fourth-order valence-electron chi connectivity index (χ4n) is 1.68. The number of aliphatic hydroxyl groups excluding tert-OH is 1. The van der Waals surface area contributed by atoms with Crippen LogP contribution in [0.25, 0.3) is 0 Å². The van der Waals surface area contributed by atoms with Crippen molar-refractivity contribution in [3.63, 3.8) is 0 Å². The van der Waals surface area contributed by atoms with E-state index in [9.17, 15) is 5.11 Å². The van der Waals surface area contributed by atoms with E-state index in [0.717, 1.165) is 0 Å². The number of ether oxygens (including phenoxy) is 2. The molecule has 0 spiro atoms. The number of rotatable bonds is 2. The smallest absolute Gasteiger partial charge is 0.163 e. The van der Waals surface area contributed by atoms with Crippen molar-refractivity contribution in [2.75, 3.05) is 6.61 Å². The summed E-state index contributed by atoms with van der Waals surface area (Å²) in [6.45, 7) is 3.92. The van der Waals surface area contributed by atoms with E-state index in [-0.39, 0.29) is 5.15 Å². The van der Waals surface area contributed by atoms with Crippen LogP contribution in [0.2, 0.25) is 10.2 Å². The predicted octanol–water partition coefficient (Wildman–Crippen LogP) is 2.57. The Hall–Kier alpha value is -0.390. The number of halogens is 2. The fourth-order valence-corrected chi connectivity index (χ4v) is 1.96. The summed E-state index contributed by atoms with van der Waals surface area (Å²) in [5, 5.41) is 10.6. The van der Waals surface area contributed by atoms with Crippen molar-refractivity contribution < 1.29 is 14.6 Å². The van der Waals surface area contributed by atoms with E-state index in [4.69, 9.17) is 32.7 Å². The lowest BCUT2D eigenvalue weighted by Crippen LogP contribution is -2.25. The average Bonchev–Trinajstić information content (AvgIpc) is 2.62. The monoisotopic (exact) mass is 277 g/mol. The van der Waals surface area contributed by atoms with Gasteiger partial charge in [-0.25, -0.2) is 4.98 Å². The summed E-state index contributed by atoms with van der Waals surface area (Å²) in [6.07, 6.45) is 0.219. The average molecular weight is 278 g/mol. The van der Waals surface area contributed by atoms with E-state index >= 15 is 0 Å². The van der Waals surface area contributed by atoms with Gasteiger partial charge in [-0.1, -0.05) is 23.2 Å². The molecule has 17 heavy (non-hydrogen) atoms. The molecular formula is C11H13Cl2NO3. The van der Waals surface area contributed by atoms with Crippen LogP contribution in [-0.2, 0) is 9.47 Å². The van der Waals surface area contributed by atoms with E-state index in [2.05, 4.69) is 4.98 Å². The minimum atomic E-state index is -0.834. The van der Waals surface area contributed by atoms with Gasteiger partial charge in [-0.3, -0.25) is 0 Å². The Kier molecular flexibility index (Phi) is 3.61. The molecule has 2 atom stereocenters. The standard InChI is InChI=1S/C11H13Cl2NO3/c1-11(2)16-5-8(17-11)9(15)6-3-7(12)10(13)14-4-6/h3-4,8-9,15H,5H2,1-2H3. The predicted molar refractivity (Wildman–Crippen MR) is 64.1 cm³/mol. The highest BCUT2D eigenvalue weighted by Gasteiger charge is 2.37. The van der Waals surface area contributed by atoms with E-state index < -0.39 is 18.0 Å². The molecule has 1 saturated heterocycles. The van der Waals surface area contributed by atoms with E-state index in [1.54, 1.807) is 19.9 Å². The molecular weight excluding hydrogens is 265 g/mol. The first kappa shape index (κ1) is 13.1. The summed E-state index contributed by atoms with van der Waals surface area (Å²) >= 11 is 11.6. The quantitative estimate of drug-likeness (QED) is 0.845. The second-order valence-electron chi connectivity index (χ2n) is 4.35. The van der Waals surface area contributed by atoms with Crippen LogP contribution in [-0.4, -0.2) is 28.6 Å². The number of aromatic nitrogens is 1. The zero-order valence-electron chi connectivity index (χ0n) is 9.48. The molecule has 1 aliphatic heterocycles. The Morgan fingerprint density at radius 3 is 2.76 bits per heavy atom. The van der Waals surface area contributed by atoms with Crippen molar-refractivity contribution in [1.29, 1.82) is 0 Å². The van der Waals surface area contributed by atoms with Gasteiger partial charge in [0.1, 0.15) is 17.4 Å². The topological polar surface area (TPSA) is 51.6 Å². The minimum Gasteiger partial charge on any atom is -0.386 e. The lowest BCUT2D eigenvalue weighted by Gasteiger charge is -2.20. The molecule has 4 nitrogen and oxygen atoms in total. The summed E-state index contributed by atoms with van der Waals surface area (Å²) in [6, 6.07) is 1.58. The molecule has 0 bridgehead atoms. The van der Waals surface area contributed by atoms with Crippen molar-refractivity contribution in [3.8, 4) is 0 Å². The van der Waals surface area contributed by atoms with Crippen molar-refractivity contribution >= 4 is 23.2 Å². The van der Waals surface area contributed by atoms with Crippen LogP contribution in [0.3, 0.4) is 0 Å². The fraction of sp³-hybridized carbons (Fsp3) is 0.545. The summed E-state index contributed by atoms with van der Waals surface area (Å²) in [4.78, 5) is 3.88. The first-order valence-electron chi connectivity index (χ1n) is 5.20. The van der Waals surface area contributed by atoms with Crippen molar-refractivity contribution in [2.24, 2.45) is 0 Å². The van der Waals surface area contributed by atoms with Crippen LogP contribution in [0.5, 0.6) is 0 Å². The maximum absolute atomic E-state index is 10.1. The van der Waals surface area contributed by atoms with Gasteiger partial charge in [0.25, 0.3) is 0 Å². The molecule has 1 aromatic rings. The zero-order valence-corrected chi connectivity index (χ0v) is 11.0. The highest BCUT2D eigenvalue weighted by atomic mass is 35.5. The van der Waals surface area contributed by atoms with Crippen LogP contribution >= 0.6 is 23.2 Å². The van der Waals surface area contributed by atoms with Gasteiger partial charge in [0.05, 0.1) is 11.6 Å². The van der Waals surface area contributed by atoms with Gasteiger partial charge < -0.3 is 14.6 Å². The van der Waals surface area contributed by atoms with Crippen molar-refractivity contribution in [1.82, 2.24) is 4.98 Å². The molecule has 1 aliphatic rings. The third kappa shape index (κ3) is 2.89. The maximum Gasteiger partial charge on any atom is 0.163 e. The van der Waals surface area contributed by atoms with E-state index in [1.807, 2.05) is 0 Å². The number of aliphatic hydroxyl groups is 1. The molecule has 6 heteroatoms. The first-order valence-corrected chi connectivity index (χ1v) is 5.95. The number of pyridine rings is 1. The number of nitrogens with zero attached hydrogens (tertiary/aromatic N) is 1. The first-order chi connectivity index (χ1) is 7.89. The Balaban J connectivity index is 2.15. The summed E-state index contributed by atoms with van der Waals surface area (Å²) in [5.74, 6) is -0.671. The molecule has 1 fully saturated rings. The molecule has 2 rings (SSSR count). The second-order valence-corrected chi connectivity index (χ2v) is 5.12. The minimum absolute atomic E-state index is 0.214. The van der Waals surface area contributed by atoms with Gasteiger partial charge in [-0.2, -0.15) is 0 Å². The van der Waals surface area contributed by atoms with Gasteiger partial charge in [-0.15, -0.1) is 0 Å². The van der Waals surface area contributed by atoms with E-state index in [0.29, 0.717) is 17.2 Å².